The normalized spacial score (nSPS) is 18.9. The second kappa shape index (κ2) is 13.8. The maximum absolute atomic E-state index is 14.4. The zero-order valence-electron chi connectivity index (χ0n) is 28.1. The summed E-state index contributed by atoms with van der Waals surface area (Å²) in [7, 11) is 3.21. The Bertz CT molecular complexity index is 2140. The Morgan fingerprint density at radius 2 is 1.49 bits per heavy atom. The molecule has 0 bridgehead atoms. The topological polar surface area (TPSA) is 164 Å². The average molecular weight is 688 g/mol. The number of carbonyl (C=O) groups is 1. The Labute approximate surface area is 293 Å². The van der Waals surface area contributed by atoms with Gasteiger partial charge in [0.25, 0.3) is 5.56 Å². The molecule has 0 spiro atoms. The van der Waals surface area contributed by atoms with Gasteiger partial charge in [-0.15, -0.1) is 0 Å². The summed E-state index contributed by atoms with van der Waals surface area (Å²) in [6, 6.07) is 34.1. The van der Waals surface area contributed by atoms with Crippen molar-refractivity contribution in [1.29, 1.82) is 0 Å². The SMILES string of the molecule is COc1ccc(C(OC[C@H]2O[C@@](C(=O)Cc3ccccc3)(n3cnc4c(=O)[nH]c(N)nc43)C[C@@H]2O)(c2ccccc2)c2ccc(OC)cc2)cc1. The minimum absolute atomic E-state index is 0.0176. The first kappa shape index (κ1) is 33.7. The number of rotatable bonds is 12. The highest BCUT2D eigenvalue weighted by Crippen LogP contribution is 2.44. The molecule has 1 saturated heterocycles. The molecule has 0 amide bonds. The summed E-state index contributed by atoms with van der Waals surface area (Å²) < 4.78 is 26.0. The van der Waals surface area contributed by atoms with Crippen LogP contribution in [0.1, 0.15) is 28.7 Å². The Hall–Kier alpha value is -5.82. The van der Waals surface area contributed by atoms with Gasteiger partial charge in [-0.3, -0.25) is 19.1 Å². The predicted octanol–water partition coefficient (Wildman–Crippen LogP) is 4.34. The molecule has 51 heavy (non-hydrogen) atoms. The molecule has 0 saturated carbocycles. The fourth-order valence-electron chi connectivity index (χ4n) is 6.80. The minimum atomic E-state index is -1.79. The van der Waals surface area contributed by atoms with E-state index in [1.807, 2.05) is 109 Å². The Morgan fingerprint density at radius 1 is 0.922 bits per heavy atom. The predicted molar refractivity (Wildman–Crippen MR) is 189 cm³/mol. The zero-order chi connectivity index (χ0) is 35.6. The fraction of sp³-hybridized carbons (Fsp3) is 0.231. The average Bonchev–Trinajstić information content (AvgIpc) is 3.75. The van der Waals surface area contributed by atoms with Gasteiger partial charge in [0.05, 0.1) is 26.9 Å². The van der Waals surface area contributed by atoms with E-state index >= 15 is 0 Å². The summed E-state index contributed by atoms with van der Waals surface area (Å²) >= 11 is 0. The van der Waals surface area contributed by atoms with Crippen LogP contribution in [-0.4, -0.2) is 63.4 Å². The van der Waals surface area contributed by atoms with Crippen LogP contribution in [0.15, 0.2) is 120 Å². The number of Topliss-reactive ketones (excluding diaryl/α,β-unsaturated/α-hetero) is 1. The number of methoxy groups -OCH3 is 2. The van der Waals surface area contributed by atoms with Gasteiger partial charge in [-0.25, -0.2) is 4.98 Å². The quantitative estimate of drug-likeness (QED) is 0.158. The number of ether oxygens (including phenoxy) is 4. The number of nitrogens with one attached hydrogen (secondary N) is 1. The monoisotopic (exact) mass is 687 g/mol. The maximum atomic E-state index is 14.4. The zero-order valence-corrected chi connectivity index (χ0v) is 28.1. The Kier molecular flexibility index (Phi) is 9.13. The number of H-pyrrole nitrogens is 1. The van der Waals surface area contributed by atoms with Crippen LogP contribution in [0.3, 0.4) is 0 Å². The van der Waals surface area contributed by atoms with Crippen LogP contribution in [0.2, 0.25) is 0 Å². The van der Waals surface area contributed by atoms with Crippen LogP contribution >= 0.6 is 0 Å². The lowest BCUT2D eigenvalue weighted by Gasteiger charge is -2.37. The molecule has 12 heteroatoms. The molecule has 1 aliphatic heterocycles. The number of aliphatic hydroxyl groups is 1. The standard InChI is InChI=1S/C39H37N5O7/c1-48-29-17-13-27(14-18-29)39(26-11-7-4-8-12-26,28-15-19-30(49-2)20-16-28)50-23-32-31(45)22-38(51-32,33(46)21-25-9-5-3-6-10-25)44-24-41-34-35(44)42-37(40)43-36(34)47/h3-20,24,31-32,45H,21-23H2,1-2H3,(H3,40,42,43,47)/t31-,32+,38-/m0/s1. The molecule has 4 N–H and O–H groups in total. The smallest absolute Gasteiger partial charge is 0.280 e. The van der Waals surface area contributed by atoms with Crippen LogP contribution in [-0.2, 0) is 32.0 Å². The largest absolute Gasteiger partial charge is 0.497 e. The molecule has 3 heterocycles. The summed E-state index contributed by atoms with van der Waals surface area (Å²) in [6.07, 6.45) is -1.02. The number of ketones is 1. The van der Waals surface area contributed by atoms with Crippen molar-refractivity contribution >= 4 is 22.9 Å². The van der Waals surface area contributed by atoms with Gasteiger partial charge in [0, 0.05) is 12.8 Å². The number of aliphatic hydroxyl groups excluding tert-OH is 1. The number of nitrogens with zero attached hydrogens (tertiary/aromatic N) is 3. The van der Waals surface area contributed by atoms with Gasteiger partial charge in [-0.2, -0.15) is 4.98 Å². The molecule has 0 aliphatic carbocycles. The number of fused-ring (bicyclic) bond motifs is 1. The third-order valence-corrected chi connectivity index (χ3v) is 9.36. The van der Waals surface area contributed by atoms with Gasteiger partial charge in [0.2, 0.25) is 11.7 Å². The van der Waals surface area contributed by atoms with Crippen molar-refractivity contribution in [2.24, 2.45) is 0 Å². The molecular weight excluding hydrogens is 650 g/mol. The second-order valence-electron chi connectivity index (χ2n) is 12.4. The van der Waals surface area contributed by atoms with Gasteiger partial charge < -0.3 is 29.8 Å². The molecule has 0 unspecified atom stereocenters. The number of hydrogen-bond donors (Lipinski definition) is 3. The molecule has 0 radical (unpaired) electrons. The van der Waals surface area contributed by atoms with Crippen molar-refractivity contribution in [3.63, 3.8) is 0 Å². The highest BCUT2D eigenvalue weighted by atomic mass is 16.6. The molecule has 4 aromatic carbocycles. The summed E-state index contributed by atoms with van der Waals surface area (Å²) in [4.78, 5) is 38.2. The van der Waals surface area contributed by atoms with Crippen molar-refractivity contribution in [2.45, 2.75) is 36.4 Å². The summed E-state index contributed by atoms with van der Waals surface area (Å²) in [5, 5.41) is 11.7. The lowest BCUT2D eigenvalue weighted by molar-refractivity contribution is -0.165. The fourth-order valence-corrected chi connectivity index (χ4v) is 6.80. The maximum Gasteiger partial charge on any atom is 0.280 e. The van der Waals surface area contributed by atoms with Crippen LogP contribution in [0.25, 0.3) is 11.2 Å². The van der Waals surface area contributed by atoms with E-state index in [0.29, 0.717) is 11.5 Å². The van der Waals surface area contributed by atoms with Crippen molar-refractivity contribution in [3.05, 3.63) is 148 Å². The number of benzene rings is 4. The number of aromatic nitrogens is 4. The van der Waals surface area contributed by atoms with Crippen LogP contribution in [0, 0.1) is 0 Å². The van der Waals surface area contributed by atoms with Crippen LogP contribution in [0.4, 0.5) is 5.95 Å². The third kappa shape index (κ3) is 6.14. The number of nitrogens with two attached hydrogens (primary N) is 1. The molecule has 6 aromatic rings. The molecule has 7 rings (SSSR count). The van der Waals surface area contributed by atoms with Crippen LogP contribution in [0.5, 0.6) is 11.5 Å². The van der Waals surface area contributed by atoms with E-state index in [1.54, 1.807) is 14.2 Å². The first-order valence-electron chi connectivity index (χ1n) is 16.4. The Balaban J connectivity index is 1.32. The summed E-state index contributed by atoms with van der Waals surface area (Å²) in [5.74, 6) is 0.833. The lowest BCUT2D eigenvalue weighted by atomic mass is 9.80. The number of aromatic amines is 1. The van der Waals surface area contributed by atoms with E-state index in [4.69, 9.17) is 24.7 Å². The highest BCUT2D eigenvalue weighted by molar-refractivity contribution is 5.89. The minimum Gasteiger partial charge on any atom is -0.497 e. The molecule has 3 atom stereocenters. The number of carbonyl (C=O) groups excluding carboxylic acids is 1. The molecule has 1 fully saturated rings. The van der Waals surface area contributed by atoms with E-state index < -0.39 is 29.1 Å². The first-order valence-corrected chi connectivity index (χ1v) is 16.4. The Morgan fingerprint density at radius 3 is 2.08 bits per heavy atom. The summed E-state index contributed by atoms with van der Waals surface area (Å²) in [5.41, 5.74) is 5.56. The van der Waals surface area contributed by atoms with E-state index in [-0.39, 0.29) is 42.3 Å². The lowest BCUT2D eigenvalue weighted by Crippen LogP contribution is -2.44. The number of imidazole rings is 1. The van der Waals surface area contributed by atoms with Gasteiger partial charge in [0.1, 0.15) is 29.5 Å². The van der Waals surface area contributed by atoms with E-state index in [1.165, 1.54) is 10.9 Å². The molecule has 1 aliphatic rings. The van der Waals surface area contributed by atoms with E-state index in [9.17, 15) is 14.7 Å². The number of anilines is 1. The molecule has 260 valence electrons. The van der Waals surface area contributed by atoms with E-state index in [0.717, 1.165) is 22.3 Å². The highest BCUT2D eigenvalue weighted by Gasteiger charge is 2.54. The van der Waals surface area contributed by atoms with Crippen molar-refractivity contribution in [2.75, 3.05) is 26.6 Å². The number of nitrogen functional groups attached to an aromatic ring is 1. The first-order chi connectivity index (χ1) is 24.8. The van der Waals surface area contributed by atoms with Gasteiger partial charge in [0.15, 0.2) is 16.9 Å². The van der Waals surface area contributed by atoms with Crippen molar-refractivity contribution in [3.8, 4) is 11.5 Å². The molecular formula is C39H37N5O7. The summed E-state index contributed by atoms with van der Waals surface area (Å²) in [6.45, 7) is -0.142. The van der Waals surface area contributed by atoms with Crippen molar-refractivity contribution in [1.82, 2.24) is 19.5 Å². The second-order valence-corrected chi connectivity index (χ2v) is 12.4. The molecule has 12 nitrogen and oxygen atoms in total. The van der Waals surface area contributed by atoms with Crippen molar-refractivity contribution < 1.29 is 28.8 Å². The van der Waals surface area contributed by atoms with Gasteiger partial charge in [-0.1, -0.05) is 84.9 Å². The number of hydrogen-bond acceptors (Lipinski definition) is 10. The van der Waals surface area contributed by atoms with E-state index in [2.05, 4.69) is 15.0 Å². The third-order valence-electron chi connectivity index (χ3n) is 9.36. The van der Waals surface area contributed by atoms with Crippen LogP contribution < -0.4 is 20.8 Å². The molecule has 2 aromatic heterocycles. The van der Waals surface area contributed by atoms with Gasteiger partial charge >= 0.3 is 0 Å². The van der Waals surface area contributed by atoms with Gasteiger partial charge in [-0.05, 0) is 46.5 Å².